The third kappa shape index (κ3) is 3.56. The van der Waals surface area contributed by atoms with Crippen molar-refractivity contribution in [3.63, 3.8) is 0 Å². The Morgan fingerprint density at radius 2 is 2.08 bits per heavy atom. The van der Waals surface area contributed by atoms with E-state index in [0.717, 1.165) is 23.1 Å². The molecule has 0 bridgehead atoms. The molecule has 1 aromatic heterocycles. The van der Waals surface area contributed by atoms with Gasteiger partial charge < -0.3 is 14.6 Å². The fourth-order valence-corrected chi connectivity index (χ4v) is 2.72. The van der Waals surface area contributed by atoms with Crippen LogP contribution in [0.25, 0.3) is 11.0 Å². The van der Waals surface area contributed by atoms with E-state index in [1.54, 1.807) is 7.11 Å². The average Bonchev–Trinajstić information content (AvgIpc) is 2.98. The fraction of sp³-hybridized carbons (Fsp3) is 0.263. The number of ether oxygens (including phenoxy) is 1. The molecule has 0 aliphatic heterocycles. The monoisotopic (exact) mass is 324 g/mol. The summed E-state index contributed by atoms with van der Waals surface area (Å²) in [6.07, 6.45) is 0.929. The number of benzene rings is 2. The van der Waals surface area contributed by atoms with Gasteiger partial charge in [0.2, 0.25) is 5.91 Å². The lowest BCUT2D eigenvalue weighted by atomic mass is 10.1. The summed E-state index contributed by atoms with van der Waals surface area (Å²) in [5.41, 5.74) is 3.62. The smallest absolute Gasteiger partial charge is 0.226 e. The minimum Gasteiger partial charge on any atom is -0.496 e. The minimum atomic E-state index is -0.0688. The topological polar surface area (TPSA) is 64.4 Å². The molecule has 3 rings (SSSR count). The molecule has 1 amide bonds. The number of rotatable bonds is 6. The number of nitrogens with zero attached hydrogens (tertiary/aromatic N) is 1. The molecule has 24 heavy (non-hydrogen) atoms. The van der Waals surface area contributed by atoms with Gasteiger partial charge in [-0.2, -0.15) is 0 Å². The fourth-order valence-electron chi connectivity index (χ4n) is 2.72. The first kappa shape index (κ1) is 16.1. The molecule has 0 radical (unpaired) electrons. The Bertz CT molecular complexity index is 855. The van der Waals surface area contributed by atoms with Crippen LogP contribution in [0.5, 0.6) is 5.75 Å². The maximum absolute atomic E-state index is 12.1. The van der Waals surface area contributed by atoms with Crippen molar-refractivity contribution in [2.75, 3.05) is 13.7 Å². The summed E-state index contributed by atoms with van der Waals surface area (Å²) in [5.74, 6) is 0.776. The van der Waals surface area contributed by atoms with Crippen LogP contribution in [-0.2, 0) is 17.6 Å². The lowest BCUT2D eigenvalue weighted by Crippen LogP contribution is -2.27. The molecular weight excluding hydrogens is 304 g/mol. The van der Waals surface area contributed by atoms with Crippen LogP contribution < -0.4 is 10.1 Å². The maximum Gasteiger partial charge on any atom is 0.226 e. The van der Waals surface area contributed by atoms with Crippen molar-refractivity contribution in [1.82, 2.24) is 10.5 Å². The van der Waals surface area contributed by atoms with E-state index in [1.807, 2.05) is 43.3 Å². The second kappa shape index (κ2) is 7.17. The molecule has 124 valence electrons. The molecule has 1 heterocycles. The van der Waals surface area contributed by atoms with E-state index in [2.05, 4.69) is 16.5 Å². The lowest BCUT2D eigenvalue weighted by Gasteiger charge is -2.10. The van der Waals surface area contributed by atoms with Gasteiger partial charge in [-0.05, 0) is 37.1 Å². The molecule has 0 spiro atoms. The van der Waals surface area contributed by atoms with Gasteiger partial charge in [0, 0.05) is 11.9 Å². The van der Waals surface area contributed by atoms with E-state index in [9.17, 15) is 4.79 Å². The third-order valence-electron chi connectivity index (χ3n) is 3.93. The van der Waals surface area contributed by atoms with Crippen molar-refractivity contribution in [2.45, 2.75) is 19.8 Å². The highest BCUT2D eigenvalue weighted by Crippen LogP contribution is 2.20. The number of para-hydroxylation sites is 1. The second-order valence-corrected chi connectivity index (χ2v) is 5.72. The summed E-state index contributed by atoms with van der Waals surface area (Å²) in [7, 11) is 1.66. The Labute approximate surface area is 140 Å². The van der Waals surface area contributed by atoms with Crippen LogP contribution in [0.2, 0.25) is 0 Å². The van der Waals surface area contributed by atoms with Crippen molar-refractivity contribution < 1.29 is 14.1 Å². The number of aromatic nitrogens is 1. The van der Waals surface area contributed by atoms with Gasteiger partial charge in [0.25, 0.3) is 0 Å². The van der Waals surface area contributed by atoms with Gasteiger partial charge in [-0.15, -0.1) is 0 Å². The normalized spacial score (nSPS) is 10.8. The third-order valence-corrected chi connectivity index (χ3v) is 3.93. The number of amides is 1. The number of aryl methyl sites for hydroxylation is 1. The van der Waals surface area contributed by atoms with E-state index in [1.165, 1.54) is 5.56 Å². The highest BCUT2D eigenvalue weighted by Gasteiger charge is 2.12. The highest BCUT2D eigenvalue weighted by atomic mass is 16.5. The maximum atomic E-state index is 12.1. The van der Waals surface area contributed by atoms with Gasteiger partial charge in [-0.3, -0.25) is 4.79 Å². The minimum absolute atomic E-state index is 0.0688. The predicted molar refractivity (Wildman–Crippen MR) is 92.2 cm³/mol. The average molecular weight is 324 g/mol. The molecule has 0 fully saturated rings. The molecule has 0 aliphatic carbocycles. The summed E-state index contributed by atoms with van der Waals surface area (Å²) in [5, 5.41) is 7.80. The SMILES string of the molecule is COc1ccc(C)cc1CCNC(=O)Cc1noc2ccccc12. The molecule has 3 aromatic rings. The van der Waals surface area contributed by atoms with E-state index < -0.39 is 0 Å². The number of hydrogen-bond acceptors (Lipinski definition) is 4. The first-order valence-electron chi connectivity index (χ1n) is 7.91. The molecule has 0 unspecified atom stereocenters. The molecule has 0 saturated heterocycles. The van der Waals surface area contributed by atoms with Gasteiger partial charge in [-0.1, -0.05) is 35.0 Å². The van der Waals surface area contributed by atoms with Crippen molar-refractivity contribution >= 4 is 16.9 Å². The van der Waals surface area contributed by atoms with Gasteiger partial charge in [0.05, 0.1) is 13.5 Å². The van der Waals surface area contributed by atoms with Gasteiger partial charge >= 0.3 is 0 Å². The lowest BCUT2D eigenvalue weighted by molar-refractivity contribution is -0.120. The molecule has 2 aromatic carbocycles. The number of nitrogens with one attached hydrogen (secondary N) is 1. The Morgan fingerprint density at radius 3 is 2.92 bits per heavy atom. The Hall–Kier alpha value is -2.82. The zero-order valence-electron chi connectivity index (χ0n) is 13.8. The largest absolute Gasteiger partial charge is 0.496 e. The summed E-state index contributed by atoms with van der Waals surface area (Å²) in [4.78, 5) is 12.1. The number of hydrogen-bond donors (Lipinski definition) is 1. The van der Waals surface area contributed by atoms with Crippen LogP contribution in [0.3, 0.4) is 0 Å². The molecule has 5 nitrogen and oxygen atoms in total. The van der Waals surface area contributed by atoms with Crippen LogP contribution in [0, 0.1) is 6.92 Å². The summed E-state index contributed by atoms with van der Waals surface area (Å²) in [6, 6.07) is 13.6. The number of methoxy groups -OCH3 is 1. The van der Waals surface area contributed by atoms with Crippen molar-refractivity contribution in [2.24, 2.45) is 0 Å². The Kier molecular flexibility index (Phi) is 4.79. The number of carbonyl (C=O) groups excluding carboxylic acids is 1. The van der Waals surface area contributed by atoms with Crippen LogP contribution >= 0.6 is 0 Å². The number of carbonyl (C=O) groups is 1. The van der Waals surface area contributed by atoms with Crippen LogP contribution in [0.1, 0.15) is 16.8 Å². The van der Waals surface area contributed by atoms with Crippen LogP contribution in [-0.4, -0.2) is 24.7 Å². The van der Waals surface area contributed by atoms with Crippen molar-refractivity contribution in [3.8, 4) is 5.75 Å². The molecule has 0 atom stereocenters. The zero-order chi connectivity index (χ0) is 16.9. The predicted octanol–water partition coefficient (Wildman–Crippen LogP) is 3.05. The van der Waals surface area contributed by atoms with Crippen LogP contribution in [0.15, 0.2) is 47.0 Å². The molecular formula is C19H20N2O3. The standard InChI is InChI=1S/C19H20N2O3/c1-13-7-8-17(23-2)14(11-13)9-10-20-19(22)12-16-15-5-3-4-6-18(15)24-21-16/h3-8,11H,9-10,12H2,1-2H3,(H,20,22). The first-order valence-corrected chi connectivity index (χ1v) is 7.91. The van der Waals surface area contributed by atoms with E-state index in [-0.39, 0.29) is 12.3 Å². The second-order valence-electron chi connectivity index (χ2n) is 5.72. The highest BCUT2D eigenvalue weighted by molar-refractivity contribution is 5.86. The van der Waals surface area contributed by atoms with Gasteiger partial charge in [0.15, 0.2) is 5.58 Å². The Morgan fingerprint density at radius 1 is 1.25 bits per heavy atom. The summed E-state index contributed by atoms with van der Waals surface area (Å²) < 4.78 is 10.6. The molecule has 0 aliphatic rings. The molecule has 0 saturated carbocycles. The Balaban J connectivity index is 1.57. The van der Waals surface area contributed by atoms with Crippen molar-refractivity contribution in [3.05, 3.63) is 59.3 Å². The quantitative estimate of drug-likeness (QED) is 0.757. The number of fused-ring (bicyclic) bond motifs is 1. The van der Waals surface area contributed by atoms with E-state index >= 15 is 0 Å². The van der Waals surface area contributed by atoms with E-state index in [0.29, 0.717) is 17.8 Å². The van der Waals surface area contributed by atoms with E-state index in [4.69, 9.17) is 9.26 Å². The first-order chi connectivity index (χ1) is 11.7. The zero-order valence-corrected chi connectivity index (χ0v) is 13.8. The van der Waals surface area contributed by atoms with Gasteiger partial charge in [-0.25, -0.2) is 0 Å². The van der Waals surface area contributed by atoms with Crippen molar-refractivity contribution in [1.29, 1.82) is 0 Å². The van der Waals surface area contributed by atoms with Gasteiger partial charge in [0.1, 0.15) is 11.4 Å². The van der Waals surface area contributed by atoms with Crippen LogP contribution in [0.4, 0.5) is 0 Å². The summed E-state index contributed by atoms with van der Waals surface area (Å²) in [6.45, 7) is 2.59. The molecule has 5 heteroatoms. The summed E-state index contributed by atoms with van der Waals surface area (Å²) >= 11 is 0. The molecule has 1 N–H and O–H groups in total.